The van der Waals surface area contributed by atoms with Gasteiger partial charge in [0, 0.05) is 17.7 Å². The Morgan fingerprint density at radius 2 is 2.37 bits per heavy atom. The van der Waals surface area contributed by atoms with Crippen molar-refractivity contribution in [3.63, 3.8) is 0 Å². The molecule has 1 aromatic heterocycles. The Hall–Kier alpha value is -1.32. The predicted molar refractivity (Wildman–Crippen MR) is 73.6 cm³/mol. The molecular formula is C15H23N3O. The molecule has 0 bridgehead atoms. The molecule has 0 saturated heterocycles. The van der Waals surface area contributed by atoms with Gasteiger partial charge in [0.25, 0.3) is 0 Å². The molecule has 4 heteroatoms. The minimum atomic E-state index is 0.127. The zero-order valence-electron chi connectivity index (χ0n) is 12.0. The highest BCUT2D eigenvalue weighted by Crippen LogP contribution is 2.51. The highest BCUT2D eigenvalue weighted by molar-refractivity contribution is 5.80. The molecule has 1 fully saturated rings. The van der Waals surface area contributed by atoms with E-state index in [0.29, 0.717) is 17.4 Å². The lowest BCUT2D eigenvalue weighted by molar-refractivity contribution is -0.125. The van der Waals surface area contributed by atoms with Crippen molar-refractivity contribution in [3.05, 3.63) is 17.5 Å². The third kappa shape index (κ3) is 2.17. The number of nitrogens with zero attached hydrogens (tertiary/aromatic N) is 1. The number of hydrogen-bond acceptors (Lipinski definition) is 2. The van der Waals surface area contributed by atoms with Crippen molar-refractivity contribution in [2.45, 2.75) is 52.5 Å². The van der Waals surface area contributed by atoms with Crippen molar-refractivity contribution >= 4 is 5.91 Å². The number of nitrogens with one attached hydrogen (secondary N) is 2. The van der Waals surface area contributed by atoms with Crippen LogP contribution in [-0.2, 0) is 17.6 Å². The summed E-state index contributed by atoms with van der Waals surface area (Å²) in [5.74, 6) is 0.993. The van der Waals surface area contributed by atoms with Crippen molar-refractivity contribution in [1.82, 2.24) is 15.5 Å². The Bertz CT molecular complexity index is 493. The van der Waals surface area contributed by atoms with Crippen LogP contribution in [0.2, 0.25) is 0 Å². The summed E-state index contributed by atoms with van der Waals surface area (Å²) >= 11 is 0. The molecule has 0 spiro atoms. The van der Waals surface area contributed by atoms with Gasteiger partial charge in [-0.3, -0.25) is 9.89 Å². The van der Waals surface area contributed by atoms with Crippen molar-refractivity contribution in [1.29, 1.82) is 0 Å². The van der Waals surface area contributed by atoms with Gasteiger partial charge in [-0.25, -0.2) is 0 Å². The Balaban J connectivity index is 1.58. The normalized spacial score (nSPS) is 33.1. The summed E-state index contributed by atoms with van der Waals surface area (Å²) in [6, 6.07) is 0.380. The number of aryl methyl sites for hydroxylation is 1. The van der Waals surface area contributed by atoms with Crippen LogP contribution in [0, 0.1) is 17.3 Å². The molecule has 0 aliphatic heterocycles. The second kappa shape index (κ2) is 4.36. The van der Waals surface area contributed by atoms with Gasteiger partial charge < -0.3 is 5.32 Å². The van der Waals surface area contributed by atoms with Gasteiger partial charge in [0.1, 0.15) is 0 Å². The van der Waals surface area contributed by atoms with Crippen molar-refractivity contribution in [2.24, 2.45) is 17.3 Å². The van der Waals surface area contributed by atoms with Gasteiger partial charge in [-0.1, -0.05) is 20.8 Å². The molecule has 1 heterocycles. The van der Waals surface area contributed by atoms with E-state index in [1.807, 2.05) is 6.20 Å². The Morgan fingerprint density at radius 3 is 3.05 bits per heavy atom. The number of amides is 1. The number of aromatic nitrogens is 2. The fraction of sp³-hybridized carbons (Fsp3) is 0.733. The van der Waals surface area contributed by atoms with Gasteiger partial charge in [0.05, 0.1) is 6.20 Å². The summed E-state index contributed by atoms with van der Waals surface area (Å²) in [5.41, 5.74) is 2.74. The molecule has 0 aromatic carbocycles. The van der Waals surface area contributed by atoms with E-state index in [0.717, 1.165) is 25.7 Å². The van der Waals surface area contributed by atoms with Crippen molar-refractivity contribution in [3.8, 4) is 0 Å². The van der Waals surface area contributed by atoms with Crippen LogP contribution >= 0.6 is 0 Å². The van der Waals surface area contributed by atoms with Gasteiger partial charge in [0.2, 0.25) is 5.91 Å². The van der Waals surface area contributed by atoms with Crippen molar-refractivity contribution < 1.29 is 4.79 Å². The number of aromatic amines is 1. The number of hydrogen-bond donors (Lipinski definition) is 2. The number of fused-ring (bicyclic) bond motifs is 1. The molecule has 2 aliphatic rings. The summed E-state index contributed by atoms with van der Waals surface area (Å²) in [7, 11) is 0. The fourth-order valence-electron chi connectivity index (χ4n) is 3.16. The standard InChI is InChI=1S/C15H23N3O/c1-9(2)15(3)7-13(15)17-14(19)10-4-5-12-11(6-10)8-16-18-12/h8-10,13H,4-7H2,1-3H3,(H,16,18)(H,17,19). The first-order valence-electron chi connectivity index (χ1n) is 7.32. The molecule has 1 saturated carbocycles. The molecule has 4 nitrogen and oxygen atoms in total. The zero-order valence-corrected chi connectivity index (χ0v) is 12.0. The number of carbonyl (C=O) groups is 1. The van der Waals surface area contributed by atoms with Crippen LogP contribution < -0.4 is 5.32 Å². The van der Waals surface area contributed by atoms with Crippen LogP contribution in [0.5, 0.6) is 0 Å². The van der Waals surface area contributed by atoms with E-state index in [-0.39, 0.29) is 11.8 Å². The highest BCUT2D eigenvalue weighted by Gasteiger charge is 2.53. The number of H-pyrrole nitrogens is 1. The molecular weight excluding hydrogens is 238 g/mol. The maximum Gasteiger partial charge on any atom is 0.223 e. The van der Waals surface area contributed by atoms with Gasteiger partial charge in [-0.05, 0) is 42.6 Å². The van der Waals surface area contributed by atoms with Crippen LogP contribution in [-0.4, -0.2) is 22.1 Å². The smallest absolute Gasteiger partial charge is 0.223 e. The molecule has 1 aromatic rings. The molecule has 3 unspecified atom stereocenters. The first-order valence-corrected chi connectivity index (χ1v) is 7.32. The molecule has 1 amide bonds. The minimum Gasteiger partial charge on any atom is -0.353 e. The van der Waals surface area contributed by atoms with E-state index in [1.54, 1.807) is 0 Å². The molecule has 19 heavy (non-hydrogen) atoms. The molecule has 2 N–H and O–H groups in total. The van der Waals surface area contributed by atoms with Crippen LogP contribution in [0.25, 0.3) is 0 Å². The van der Waals surface area contributed by atoms with E-state index in [1.165, 1.54) is 11.3 Å². The van der Waals surface area contributed by atoms with E-state index < -0.39 is 0 Å². The van der Waals surface area contributed by atoms with E-state index in [2.05, 4.69) is 36.3 Å². The average molecular weight is 261 g/mol. The van der Waals surface area contributed by atoms with Crippen LogP contribution in [0.3, 0.4) is 0 Å². The molecule has 3 atom stereocenters. The zero-order chi connectivity index (χ0) is 13.6. The number of carbonyl (C=O) groups excluding carboxylic acids is 1. The van der Waals surface area contributed by atoms with Crippen LogP contribution in [0.15, 0.2) is 6.20 Å². The van der Waals surface area contributed by atoms with Crippen LogP contribution in [0.4, 0.5) is 0 Å². The molecule has 3 rings (SSSR count). The van der Waals surface area contributed by atoms with Gasteiger partial charge in [-0.15, -0.1) is 0 Å². The largest absolute Gasteiger partial charge is 0.353 e. The maximum absolute atomic E-state index is 12.3. The highest BCUT2D eigenvalue weighted by atomic mass is 16.2. The summed E-state index contributed by atoms with van der Waals surface area (Å²) in [6.07, 6.45) is 5.71. The lowest BCUT2D eigenvalue weighted by Gasteiger charge is -2.22. The Morgan fingerprint density at radius 1 is 1.58 bits per heavy atom. The van der Waals surface area contributed by atoms with Gasteiger partial charge in [-0.2, -0.15) is 5.10 Å². The summed E-state index contributed by atoms with van der Waals surface area (Å²) in [6.45, 7) is 6.76. The van der Waals surface area contributed by atoms with Crippen LogP contribution in [0.1, 0.15) is 44.9 Å². The van der Waals surface area contributed by atoms with Crippen molar-refractivity contribution in [2.75, 3.05) is 0 Å². The van der Waals surface area contributed by atoms with E-state index in [4.69, 9.17) is 0 Å². The fourth-order valence-corrected chi connectivity index (χ4v) is 3.16. The molecule has 104 valence electrons. The quantitative estimate of drug-likeness (QED) is 0.875. The monoisotopic (exact) mass is 261 g/mol. The second-order valence-corrected chi connectivity index (χ2v) is 6.74. The average Bonchev–Trinajstić information content (AvgIpc) is 2.86. The Labute approximate surface area is 114 Å². The third-order valence-corrected chi connectivity index (χ3v) is 5.30. The summed E-state index contributed by atoms with van der Waals surface area (Å²) in [5, 5.41) is 10.3. The maximum atomic E-state index is 12.3. The first-order chi connectivity index (χ1) is 9.00. The topological polar surface area (TPSA) is 57.8 Å². The minimum absolute atomic E-state index is 0.127. The van der Waals surface area contributed by atoms with E-state index >= 15 is 0 Å². The van der Waals surface area contributed by atoms with E-state index in [9.17, 15) is 4.79 Å². The summed E-state index contributed by atoms with van der Waals surface area (Å²) in [4.78, 5) is 12.3. The summed E-state index contributed by atoms with van der Waals surface area (Å²) < 4.78 is 0. The Kier molecular flexibility index (Phi) is 2.91. The van der Waals surface area contributed by atoms with Gasteiger partial charge in [0.15, 0.2) is 0 Å². The molecule has 2 aliphatic carbocycles. The third-order valence-electron chi connectivity index (χ3n) is 5.30. The SMILES string of the molecule is CC(C)C1(C)CC1NC(=O)C1CCc2[nH]ncc2C1. The lowest BCUT2D eigenvalue weighted by atomic mass is 9.87. The second-order valence-electron chi connectivity index (χ2n) is 6.74. The predicted octanol–water partition coefficient (Wildman–Crippen LogP) is 2.07. The molecule has 0 radical (unpaired) electrons. The lowest BCUT2D eigenvalue weighted by Crippen LogP contribution is -2.37. The first kappa shape index (κ1) is 12.7. The van der Waals surface area contributed by atoms with Gasteiger partial charge >= 0.3 is 0 Å². The number of rotatable bonds is 3.